The number of sulfone groups is 1. The van der Waals surface area contributed by atoms with Crippen molar-refractivity contribution in [2.45, 2.75) is 63.0 Å². The van der Waals surface area contributed by atoms with Gasteiger partial charge in [-0.25, -0.2) is 8.42 Å². The van der Waals surface area contributed by atoms with Crippen LogP contribution < -0.4 is 5.32 Å². The van der Waals surface area contributed by atoms with Gasteiger partial charge in [-0.2, -0.15) is 4.80 Å². The van der Waals surface area contributed by atoms with Gasteiger partial charge in [0.15, 0.2) is 9.84 Å². The summed E-state index contributed by atoms with van der Waals surface area (Å²) in [4.78, 5) is 13.9. The Morgan fingerprint density at radius 1 is 1.21 bits per heavy atom. The Labute approximate surface area is 142 Å². The van der Waals surface area contributed by atoms with Gasteiger partial charge in [0, 0.05) is 13.2 Å². The standard InChI is InChI=1S/C14H25N5O4S/c1-13(2,3)19-17-12(16-18-19)15-11(20)14(4,5)24(21,22)10-6-8-23-9-7-10/h10H,6-9H2,1-5H3,(H,15,17,20). The predicted molar refractivity (Wildman–Crippen MR) is 88.3 cm³/mol. The molecule has 2 heterocycles. The largest absolute Gasteiger partial charge is 0.381 e. The molecular weight excluding hydrogens is 334 g/mol. The summed E-state index contributed by atoms with van der Waals surface area (Å²) < 4.78 is 29.3. The smallest absolute Gasteiger partial charge is 0.270 e. The summed E-state index contributed by atoms with van der Waals surface area (Å²) in [5.74, 6) is -0.673. The van der Waals surface area contributed by atoms with Gasteiger partial charge in [-0.3, -0.25) is 10.1 Å². The van der Waals surface area contributed by atoms with Crippen molar-refractivity contribution in [3.63, 3.8) is 0 Å². The third kappa shape index (κ3) is 3.59. The lowest BCUT2D eigenvalue weighted by molar-refractivity contribution is -0.117. The highest BCUT2D eigenvalue weighted by Gasteiger charge is 2.47. The van der Waals surface area contributed by atoms with Gasteiger partial charge in [0.2, 0.25) is 5.91 Å². The highest BCUT2D eigenvalue weighted by atomic mass is 32.2. The van der Waals surface area contributed by atoms with Crippen LogP contribution in [0.25, 0.3) is 0 Å². The van der Waals surface area contributed by atoms with E-state index in [0.29, 0.717) is 26.1 Å². The van der Waals surface area contributed by atoms with Crippen LogP contribution in [0.4, 0.5) is 5.95 Å². The molecule has 1 aromatic rings. The first kappa shape index (κ1) is 18.8. The van der Waals surface area contributed by atoms with Crippen molar-refractivity contribution >= 4 is 21.7 Å². The number of hydrogen-bond donors (Lipinski definition) is 1. The lowest BCUT2D eigenvalue weighted by Crippen LogP contribution is -2.50. The van der Waals surface area contributed by atoms with E-state index in [1.807, 2.05) is 20.8 Å². The van der Waals surface area contributed by atoms with E-state index < -0.39 is 25.7 Å². The Morgan fingerprint density at radius 3 is 2.29 bits per heavy atom. The topological polar surface area (TPSA) is 116 Å². The molecule has 1 aliphatic heterocycles. The second kappa shape index (κ2) is 6.40. The van der Waals surface area contributed by atoms with E-state index in [9.17, 15) is 13.2 Å². The Bertz CT molecular complexity index is 699. The Morgan fingerprint density at radius 2 is 1.79 bits per heavy atom. The van der Waals surface area contributed by atoms with E-state index in [1.165, 1.54) is 18.6 Å². The molecule has 0 radical (unpaired) electrons. The third-order valence-electron chi connectivity index (χ3n) is 4.10. The molecule has 0 unspecified atom stereocenters. The summed E-state index contributed by atoms with van der Waals surface area (Å²) in [6, 6.07) is 0. The predicted octanol–water partition coefficient (Wildman–Crippen LogP) is 0.739. The molecule has 24 heavy (non-hydrogen) atoms. The van der Waals surface area contributed by atoms with E-state index in [0.717, 1.165) is 0 Å². The number of rotatable bonds is 4. The molecule has 1 fully saturated rings. The van der Waals surface area contributed by atoms with E-state index in [4.69, 9.17) is 4.74 Å². The maximum atomic E-state index is 12.8. The van der Waals surface area contributed by atoms with Crippen LogP contribution in [0.15, 0.2) is 0 Å². The molecule has 0 spiro atoms. The molecule has 0 atom stereocenters. The number of ether oxygens (including phenoxy) is 1. The highest BCUT2D eigenvalue weighted by molar-refractivity contribution is 7.94. The average Bonchev–Trinajstić information content (AvgIpc) is 2.96. The van der Waals surface area contributed by atoms with E-state index >= 15 is 0 Å². The average molecular weight is 359 g/mol. The van der Waals surface area contributed by atoms with Crippen LogP contribution in [0.2, 0.25) is 0 Å². The lowest BCUT2D eigenvalue weighted by Gasteiger charge is -2.30. The molecule has 1 aliphatic rings. The van der Waals surface area contributed by atoms with Crippen molar-refractivity contribution < 1.29 is 17.9 Å². The van der Waals surface area contributed by atoms with E-state index in [2.05, 4.69) is 20.7 Å². The van der Waals surface area contributed by atoms with E-state index in [-0.39, 0.29) is 11.5 Å². The second-order valence-electron chi connectivity index (χ2n) is 7.39. The summed E-state index contributed by atoms with van der Waals surface area (Å²) in [7, 11) is -3.68. The van der Waals surface area contributed by atoms with Crippen molar-refractivity contribution in [1.29, 1.82) is 0 Å². The third-order valence-corrected chi connectivity index (χ3v) is 7.06. The monoisotopic (exact) mass is 359 g/mol. The maximum absolute atomic E-state index is 12.8. The summed E-state index contributed by atoms with van der Waals surface area (Å²) >= 11 is 0. The minimum Gasteiger partial charge on any atom is -0.381 e. The first-order chi connectivity index (χ1) is 11.0. The minimum absolute atomic E-state index is 0.00909. The number of amides is 1. The summed E-state index contributed by atoms with van der Waals surface area (Å²) in [6.07, 6.45) is 0.801. The molecule has 0 bridgehead atoms. The second-order valence-corrected chi connectivity index (χ2v) is 10.2. The van der Waals surface area contributed by atoms with Crippen LogP contribution in [-0.4, -0.2) is 57.7 Å². The Balaban J connectivity index is 2.16. The number of carbonyl (C=O) groups is 1. The van der Waals surface area contributed by atoms with Crippen LogP contribution in [0.3, 0.4) is 0 Å². The fourth-order valence-electron chi connectivity index (χ4n) is 2.33. The quantitative estimate of drug-likeness (QED) is 0.842. The normalized spacial score (nSPS) is 17.7. The zero-order valence-electron chi connectivity index (χ0n) is 14.7. The number of tetrazole rings is 1. The summed E-state index contributed by atoms with van der Waals surface area (Å²) in [6.45, 7) is 9.26. The van der Waals surface area contributed by atoms with Crippen molar-refractivity contribution in [2.24, 2.45) is 0 Å². The minimum atomic E-state index is -3.68. The molecule has 1 N–H and O–H groups in total. The Kier molecular flexibility index (Phi) is 5.01. The number of carbonyl (C=O) groups excluding carboxylic acids is 1. The number of nitrogens with one attached hydrogen (secondary N) is 1. The van der Waals surface area contributed by atoms with Crippen molar-refractivity contribution in [1.82, 2.24) is 20.2 Å². The van der Waals surface area contributed by atoms with Crippen molar-refractivity contribution in [3.05, 3.63) is 0 Å². The molecule has 0 aromatic carbocycles. The number of anilines is 1. The van der Waals surface area contributed by atoms with E-state index in [1.54, 1.807) is 0 Å². The van der Waals surface area contributed by atoms with Gasteiger partial charge in [-0.1, -0.05) is 5.10 Å². The SMILES string of the molecule is CC(C)(C)n1nnc(NC(=O)C(C)(C)S(=O)(=O)C2CCOCC2)n1. The lowest BCUT2D eigenvalue weighted by atomic mass is 10.1. The van der Waals surface area contributed by atoms with Gasteiger partial charge < -0.3 is 4.74 Å². The highest BCUT2D eigenvalue weighted by Crippen LogP contribution is 2.28. The molecule has 0 aliphatic carbocycles. The molecule has 9 nitrogen and oxygen atoms in total. The molecule has 136 valence electrons. The van der Waals surface area contributed by atoms with Crippen LogP contribution >= 0.6 is 0 Å². The molecular formula is C14H25N5O4S. The van der Waals surface area contributed by atoms with Gasteiger partial charge in [0.05, 0.1) is 10.8 Å². The van der Waals surface area contributed by atoms with Crippen LogP contribution in [-0.2, 0) is 24.9 Å². The zero-order valence-corrected chi connectivity index (χ0v) is 15.6. The van der Waals surface area contributed by atoms with Gasteiger partial charge in [0.1, 0.15) is 4.75 Å². The molecule has 0 saturated carbocycles. The maximum Gasteiger partial charge on any atom is 0.270 e. The first-order valence-electron chi connectivity index (χ1n) is 7.89. The molecule has 1 saturated heterocycles. The fourth-order valence-corrected chi connectivity index (χ4v) is 4.29. The first-order valence-corrected chi connectivity index (χ1v) is 9.44. The molecule has 10 heteroatoms. The molecule has 1 amide bonds. The van der Waals surface area contributed by atoms with Crippen LogP contribution in [0, 0.1) is 0 Å². The van der Waals surface area contributed by atoms with Crippen LogP contribution in [0.1, 0.15) is 47.5 Å². The van der Waals surface area contributed by atoms with Gasteiger partial charge in [0.25, 0.3) is 5.95 Å². The summed E-state index contributed by atoms with van der Waals surface area (Å²) in [5.41, 5.74) is -0.389. The van der Waals surface area contributed by atoms with Gasteiger partial charge in [-0.05, 0) is 52.7 Å². The molecule has 1 aromatic heterocycles. The Hall–Kier alpha value is -1.55. The van der Waals surface area contributed by atoms with Gasteiger partial charge in [-0.15, -0.1) is 5.10 Å². The number of nitrogens with zero attached hydrogens (tertiary/aromatic N) is 4. The van der Waals surface area contributed by atoms with Crippen LogP contribution in [0.5, 0.6) is 0 Å². The zero-order chi connectivity index (χ0) is 18.2. The van der Waals surface area contributed by atoms with Crippen molar-refractivity contribution in [2.75, 3.05) is 18.5 Å². The number of hydrogen-bond acceptors (Lipinski definition) is 7. The summed E-state index contributed by atoms with van der Waals surface area (Å²) in [5, 5.41) is 13.6. The van der Waals surface area contributed by atoms with Crippen molar-refractivity contribution in [3.8, 4) is 0 Å². The number of aromatic nitrogens is 4. The fraction of sp³-hybridized carbons (Fsp3) is 0.857. The van der Waals surface area contributed by atoms with Gasteiger partial charge >= 0.3 is 0 Å². The molecule has 2 rings (SSSR count).